The quantitative estimate of drug-likeness (QED) is 0.760. The number of rotatable bonds is 4. The number of aromatic nitrogens is 1. The smallest absolute Gasteiger partial charge is 0.335 e. The van der Waals surface area contributed by atoms with Gasteiger partial charge in [-0.15, -0.1) is 0 Å². The predicted molar refractivity (Wildman–Crippen MR) is 74.7 cm³/mol. The molecule has 0 spiro atoms. The molecule has 0 fully saturated rings. The van der Waals surface area contributed by atoms with Crippen LogP contribution in [0.4, 0.5) is 5.82 Å². The van der Waals surface area contributed by atoms with E-state index in [9.17, 15) is 4.79 Å². The monoisotopic (exact) mass is 268 g/mol. The molecule has 3 rings (SSSR count). The van der Waals surface area contributed by atoms with Crippen LogP contribution in [0, 0.1) is 0 Å². The molecular formula is C15H12N2O3. The van der Waals surface area contributed by atoms with Crippen LogP contribution in [0.15, 0.2) is 53.3 Å². The maximum atomic E-state index is 11.0. The van der Waals surface area contributed by atoms with E-state index < -0.39 is 5.97 Å². The Kier molecular flexibility index (Phi) is 3.09. The Morgan fingerprint density at radius 3 is 2.95 bits per heavy atom. The number of hydrogen-bond acceptors (Lipinski definition) is 4. The van der Waals surface area contributed by atoms with Gasteiger partial charge in [-0.3, -0.25) is 0 Å². The number of carboxylic acids is 1. The third-order valence-corrected chi connectivity index (χ3v) is 3.02. The van der Waals surface area contributed by atoms with E-state index in [2.05, 4.69) is 10.3 Å². The summed E-state index contributed by atoms with van der Waals surface area (Å²) < 4.78 is 5.24. The van der Waals surface area contributed by atoms with Gasteiger partial charge in [-0.2, -0.15) is 0 Å². The fraction of sp³-hybridized carbons (Fsp3) is 0.0667. The van der Waals surface area contributed by atoms with E-state index in [1.165, 1.54) is 0 Å². The number of carboxylic acid groups (broad SMARTS) is 1. The fourth-order valence-electron chi connectivity index (χ4n) is 2.03. The summed E-state index contributed by atoms with van der Waals surface area (Å²) in [5.41, 5.74) is 0.242. The van der Waals surface area contributed by atoms with E-state index in [-0.39, 0.29) is 5.56 Å². The van der Waals surface area contributed by atoms with Gasteiger partial charge in [0.15, 0.2) is 0 Å². The van der Waals surface area contributed by atoms with E-state index in [1.807, 2.05) is 18.2 Å². The third kappa shape index (κ3) is 2.33. The molecule has 0 saturated carbocycles. The van der Waals surface area contributed by atoms with Gasteiger partial charge in [0.25, 0.3) is 0 Å². The lowest BCUT2D eigenvalue weighted by Crippen LogP contribution is -2.02. The maximum absolute atomic E-state index is 11.0. The van der Waals surface area contributed by atoms with Crippen LogP contribution in [-0.4, -0.2) is 16.1 Å². The molecule has 0 aliphatic rings. The number of hydrogen-bond donors (Lipinski definition) is 2. The van der Waals surface area contributed by atoms with Crippen molar-refractivity contribution in [2.24, 2.45) is 0 Å². The normalized spacial score (nSPS) is 10.6. The zero-order valence-corrected chi connectivity index (χ0v) is 10.5. The lowest BCUT2D eigenvalue weighted by atomic mass is 10.1. The minimum atomic E-state index is -0.951. The molecular weight excluding hydrogens is 256 g/mol. The topological polar surface area (TPSA) is 75.4 Å². The Hall–Kier alpha value is -2.82. The number of nitrogens with zero attached hydrogens (tertiary/aromatic N) is 1. The summed E-state index contributed by atoms with van der Waals surface area (Å²) >= 11 is 0. The Labute approximate surface area is 114 Å². The van der Waals surface area contributed by atoms with Crippen LogP contribution in [0.1, 0.15) is 16.1 Å². The standard InChI is InChI=1S/C15H12N2O3/c18-15(19)11-4-3-10-5-6-16-14(13(10)8-11)17-9-12-2-1-7-20-12/h1-8H,9H2,(H,16,17)(H,18,19). The number of furan rings is 1. The molecule has 2 heterocycles. The van der Waals surface area contributed by atoms with Crippen LogP contribution in [-0.2, 0) is 6.54 Å². The number of fused-ring (bicyclic) bond motifs is 1. The van der Waals surface area contributed by atoms with Crippen molar-refractivity contribution in [2.45, 2.75) is 6.54 Å². The average Bonchev–Trinajstić information content (AvgIpc) is 2.97. The van der Waals surface area contributed by atoms with Crippen LogP contribution >= 0.6 is 0 Å². The number of pyridine rings is 1. The van der Waals surface area contributed by atoms with Crippen molar-refractivity contribution < 1.29 is 14.3 Å². The molecule has 2 N–H and O–H groups in total. The molecule has 1 aromatic carbocycles. The van der Waals surface area contributed by atoms with Gasteiger partial charge < -0.3 is 14.8 Å². The largest absolute Gasteiger partial charge is 0.478 e. The van der Waals surface area contributed by atoms with Gasteiger partial charge in [0.1, 0.15) is 11.6 Å². The highest BCUT2D eigenvalue weighted by molar-refractivity contribution is 5.98. The van der Waals surface area contributed by atoms with Crippen molar-refractivity contribution in [3.8, 4) is 0 Å². The van der Waals surface area contributed by atoms with Crippen molar-refractivity contribution in [2.75, 3.05) is 5.32 Å². The number of benzene rings is 1. The van der Waals surface area contributed by atoms with Crippen LogP contribution in [0.25, 0.3) is 10.8 Å². The molecule has 0 saturated heterocycles. The van der Waals surface area contributed by atoms with Crippen LogP contribution < -0.4 is 5.32 Å². The number of aromatic carboxylic acids is 1. The van der Waals surface area contributed by atoms with Gasteiger partial charge >= 0.3 is 5.97 Å². The Balaban J connectivity index is 1.96. The van der Waals surface area contributed by atoms with E-state index in [1.54, 1.807) is 30.7 Å². The molecule has 0 amide bonds. The van der Waals surface area contributed by atoms with E-state index in [0.29, 0.717) is 12.4 Å². The Morgan fingerprint density at radius 2 is 2.20 bits per heavy atom. The van der Waals surface area contributed by atoms with Gasteiger partial charge in [-0.1, -0.05) is 6.07 Å². The second kappa shape index (κ2) is 5.05. The van der Waals surface area contributed by atoms with Gasteiger partial charge in [0.05, 0.1) is 18.4 Å². The summed E-state index contributed by atoms with van der Waals surface area (Å²) in [6, 6.07) is 10.5. The minimum Gasteiger partial charge on any atom is -0.478 e. The molecule has 0 unspecified atom stereocenters. The second-order valence-electron chi connectivity index (χ2n) is 4.33. The van der Waals surface area contributed by atoms with Crippen LogP contribution in [0.5, 0.6) is 0 Å². The molecule has 0 aliphatic heterocycles. The maximum Gasteiger partial charge on any atom is 0.335 e. The van der Waals surface area contributed by atoms with Gasteiger partial charge in [0.2, 0.25) is 0 Å². The van der Waals surface area contributed by atoms with E-state index in [4.69, 9.17) is 9.52 Å². The minimum absolute atomic E-state index is 0.242. The van der Waals surface area contributed by atoms with Crippen LogP contribution in [0.3, 0.4) is 0 Å². The molecule has 2 aromatic heterocycles. The Morgan fingerprint density at radius 1 is 1.30 bits per heavy atom. The number of anilines is 1. The summed E-state index contributed by atoms with van der Waals surface area (Å²) in [6.07, 6.45) is 3.29. The summed E-state index contributed by atoms with van der Waals surface area (Å²) in [5.74, 6) is 0.480. The van der Waals surface area contributed by atoms with Crippen molar-refractivity contribution in [1.82, 2.24) is 4.98 Å². The first-order chi connectivity index (χ1) is 9.74. The molecule has 20 heavy (non-hydrogen) atoms. The highest BCUT2D eigenvalue weighted by Crippen LogP contribution is 2.23. The number of carbonyl (C=O) groups is 1. The van der Waals surface area contributed by atoms with Crippen molar-refractivity contribution in [3.63, 3.8) is 0 Å². The zero-order chi connectivity index (χ0) is 13.9. The molecule has 0 atom stereocenters. The highest BCUT2D eigenvalue weighted by Gasteiger charge is 2.08. The van der Waals surface area contributed by atoms with E-state index in [0.717, 1.165) is 16.5 Å². The lowest BCUT2D eigenvalue weighted by molar-refractivity contribution is 0.0697. The molecule has 0 aliphatic carbocycles. The molecule has 0 radical (unpaired) electrons. The van der Waals surface area contributed by atoms with Gasteiger partial charge in [0, 0.05) is 11.6 Å². The second-order valence-corrected chi connectivity index (χ2v) is 4.33. The SMILES string of the molecule is O=C(O)c1ccc2ccnc(NCc3ccco3)c2c1. The first-order valence-corrected chi connectivity index (χ1v) is 6.12. The summed E-state index contributed by atoms with van der Waals surface area (Å²) in [6.45, 7) is 0.496. The summed E-state index contributed by atoms with van der Waals surface area (Å²) in [4.78, 5) is 15.3. The first-order valence-electron chi connectivity index (χ1n) is 6.12. The first kappa shape index (κ1) is 12.2. The van der Waals surface area contributed by atoms with Gasteiger partial charge in [-0.05, 0) is 35.7 Å². The molecule has 0 bridgehead atoms. The van der Waals surface area contributed by atoms with Crippen LogP contribution in [0.2, 0.25) is 0 Å². The molecule has 5 heteroatoms. The number of nitrogens with one attached hydrogen (secondary N) is 1. The fourth-order valence-corrected chi connectivity index (χ4v) is 2.03. The summed E-state index contributed by atoms with van der Waals surface area (Å²) in [7, 11) is 0. The zero-order valence-electron chi connectivity index (χ0n) is 10.5. The van der Waals surface area contributed by atoms with Crippen molar-refractivity contribution in [1.29, 1.82) is 0 Å². The molecule has 100 valence electrons. The lowest BCUT2D eigenvalue weighted by Gasteiger charge is -2.08. The summed E-state index contributed by atoms with van der Waals surface area (Å²) in [5, 5.41) is 13.9. The molecule has 5 nitrogen and oxygen atoms in total. The van der Waals surface area contributed by atoms with Crippen molar-refractivity contribution >= 4 is 22.6 Å². The predicted octanol–water partition coefficient (Wildman–Crippen LogP) is 3.14. The molecule has 3 aromatic rings. The van der Waals surface area contributed by atoms with E-state index >= 15 is 0 Å². The van der Waals surface area contributed by atoms with Gasteiger partial charge in [-0.25, -0.2) is 9.78 Å². The Bertz CT molecular complexity index is 751. The highest BCUT2D eigenvalue weighted by atomic mass is 16.4. The average molecular weight is 268 g/mol. The van der Waals surface area contributed by atoms with Crippen molar-refractivity contribution in [3.05, 3.63) is 60.2 Å². The third-order valence-electron chi connectivity index (χ3n) is 3.02.